The van der Waals surface area contributed by atoms with Crippen molar-refractivity contribution in [3.05, 3.63) is 47.8 Å². The van der Waals surface area contributed by atoms with Crippen LogP contribution in [0.4, 0.5) is 0 Å². The molecule has 1 N–H and O–H groups in total. The van der Waals surface area contributed by atoms with Crippen molar-refractivity contribution in [2.24, 2.45) is 7.05 Å². The van der Waals surface area contributed by atoms with Crippen LogP contribution in [-0.4, -0.2) is 47.6 Å². The van der Waals surface area contributed by atoms with Crippen LogP contribution in [0.1, 0.15) is 34.9 Å². The first-order valence-corrected chi connectivity index (χ1v) is 9.21. The van der Waals surface area contributed by atoms with Crippen LogP contribution < -0.4 is 14.8 Å². The Kier molecular flexibility index (Phi) is 4.85. The predicted octanol–water partition coefficient (Wildman–Crippen LogP) is 1.89. The number of hydrogen-bond donors (Lipinski definition) is 1. The molecule has 0 aliphatic carbocycles. The number of carbonyl (C=O) groups is 2. The normalized spacial score (nSPS) is 19.1. The molecule has 0 bridgehead atoms. The highest BCUT2D eigenvalue weighted by Crippen LogP contribution is 2.37. The number of carbonyl (C=O) groups excluding carboxylic acids is 2. The number of benzene rings is 1. The number of rotatable bonds is 4. The Labute approximate surface area is 157 Å². The van der Waals surface area contributed by atoms with Crippen molar-refractivity contribution < 1.29 is 19.1 Å². The van der Waals surface area contributed by atoms with Crippen molar-refractivity contribution >= 4 is 11.8 Å². The summed E-state index contributed by atoms with van der Waals surface area (Å²) in [6.07, 6.45) is 3.76. The Morgan fingerprint density at radius 2 is 2.00 bits per heavy atom. The Balaban J connectivity index is 1.42. The molecule has 1 fully saturated rings. The minimum absolute atomic E-state index is 0.136. The molecule has 3 heterocycles. The average molecular weight is 369 g/mol. The number of likely N-dealkylation sites (tertiary alicyclic amines) is 1. The Bertz CT molecular complexity index is 861. The zero-order valence-electron chi connectivity index (χ0n) is 15.3. The van der Waals surface area contributed by atoms with E-state index >= 15 is 0 Å². The van der Waals surface area contributed by atoms with Gasteiger partial charge in [0.15, 0.2) is 11.5 Å². The summed E-state index contributed by atoms with van der Waals surface area (Å²) in [5.74, 6) is 0.864. The number of hydrogen-bond acceptors (Lipinski definition) is 5. The SMILES string of the molecule is Cn1cccc1C(=O)NC(=O)CN1CCC[C@H]1c1ccc2c(c1)OCCO2. The summed E-state index contributed by atoms with van der Waals surface area (Å²) in [6, 6.07) is 9.57. The lowest BCUT2D eigenvalue weighted by atomic mass is 10.0. The molecule has 0 spiro atoms. The molecule has 2 aliphatic heterocycles. The summed E-state index contributed by atoms with van der Waals surface area (Å²) >= 11 is 0. The smallest absolute Gasteiger partial charge is 0.274 e. The highest BCUT2D eigenvalue weighted by molar-refractivity contribution is 6.04. The fraction of sp³-hybridized carbons (Fsp3) is 0.400. The number of imide groups is 1. The summed E-state index contributed by atoms with van der Waals surface area (Å²) in [7, 11) is 1.78. The molecule has 2 aliphatic rings. The molecule has 7 heteroatoms. The van der Waals surface area contributed by atoms with Gasteiger partial charge >= 0.3 is 0 Å². The van der Waals surface area contributed by atoms with E-state index in [0.29, 0.717) is 18.9 Å². The van der Waals surface area contributed by atoms with Gasteiger partial charge in [0.2, 0.25) is 5.91 Å². The summed E-state index contributed by atoms with van der Waals surface area (Å²) in [5.41, 5.74) is 1.58. The second-order valence-corrected chi connectivity index (χ2v) is 6.91. The van der Waals surface area contributed by atoms with Gasteiger partial charge in [0.1, 0.15) is 18.9 Å². The standard InChI is InChI=1S/C20H23N3O4/c1-22-8-2-5-16(22)20(25)21-19(24)13-23-9-3-4-15(23)14-6-7-17-18(12-14)27-11-10-26-17/h2,5-8,12,15H,3-4,9-11,13H2,1H3,(H,21,24,25)/t15-/m0/s1. The van der Waals surface area contributed by atoms with Gasteiger partial charge in [0.05, 0.1) is 6.54 Å². The Hall–Kier alpha value is -2.80. The summed E-state index contributed by atoms with van der Waals surface area (Å²) in [5, 5.41) is 2.49. The van der Waals surface area contributed by atoms with E-state index in [-0.39, 0.29) is 24.4 Å². The number of fused-ring (bicyclic) bond motifs is 1. The first-order valence-electron chi connectivity index (χ1n) is 9.21. The summed E-state index contributed by atoms with van der Waals surface area (Å²) in [4.78, 5) is 26.7. The van der Waals surface area contributed by atoms with Crippen molar-refractivity contribution in [1.82, 2.24) is 14.8 Å². The van der Waals surface area contributed by atoms with E-state index in [1.807, 2.05) is 18.2 Å². The molecule has 1 aromatic carbocycles. The number of nitrogens with one attached hydrogen (secondary N) is 1. The largest absolute Gasteiger partial charge is 0.486 e. The van der Waals surface area contributed by atoms with Crippen LogP contribution in [0, 0.1) is 0 Å². The van der Waals surface area contributed by atoms with Crippen molar-refractivity contribution in [3.63, 3.8) is 0 Å². The molecular formula is C20H23N3O4. The average Bonchev–Trinajstić information content (AvgIpc) is 3.30. The maximum absolute atomic E-state index is 12.4. The Morgan fingerprint density at radius 1 is 1.19 bits per heavy atom. The third-order valence-corrected chi connectivity index (χ3v) is 5.09. The van der Waals surface area contributed by atoms with Gasteiger partial charge in [-0.1, -0.05) is 6.07 Å². The second-order valence-electron chi connectivity index (χ2n) is 6.91. The van der Waals surface area contributed by atoms with E-state index in [9.17, 15) is 9.59 Å². The molecule has 4 rings (SSSR count). The van der Waals surface area contributed by atoms with Crippen LogP contribution >= 0.6 is 0 Å². The summed E-state index contributed by atoms with van der Waals surface area (Å²) < 4.78 is 12.9. The summed E-state index contributed by atoms with van der Waals surface area (Å²) in [6.45, 7) is 2.13. The van der Waals surface area contributed by atoms with Gasteiger partial charge in [0.25, 0.3) is 5.91 Å². The third kappa shape index (κ3) is 3.68. The molecular weight excluding hydrogens is 346 g/mol. The van der Waals surface area contributed by atoms with Crippen LogP contribution in [0.15, 0.2) is 36.5 Å². The molecule has 0 saturated carbocycles. The van der Waals surface area contributed by atoms with Gasteiger partial charge in [-0.15, -0.1) is 0 Å². The lowest BCUT2D eigenvalue weighted by molar-refractivity contribution is -0.121. The van der Waals surface area contributed by atoms with E-state index in [4.69, 9.17) is 9.47 Å². The zero-order valence-corrected chi connectivity index (χ0v) is 15.3. The number of ether oxygens (including phenoxy) is 2. The topological polar surface area (TPSA) is 72.8 Å². The van der Waals surface area contributed by atoms with E-state index in [1.54, 1.807) is 29.9 Å². The highest BCUT2D eigenvalue weighted by Gasteiger charge is 2.29. The first-order chi connectivity index (χ1) is 13.1. The monoisotopic (exact) mass is 369 g/mol. The fourth-order valence-corrected chi connectivity index (χ4v) is 3.77. The van der Waals surface area contributed by atoms with Gasteiger partial charge < -0.3 is 14.0 Å². The van der Waals surface area contributed by atoms with Crippen molar-refractivity contribution in [2.45, 2.75) is 18.9 Å². The Morgan fingerprint density at radius 3 is 2.78 bits per heavy atom. The van der Waals surface area contributed by atoms with E-state index in [2.05, 4.69) is 10.2 Å². The quantitative estimate of drug-likeness (QED) is 0.891. The minimum Gasteiger partial charge on any atom is -0.486 e. The molecule has 1 aromatic heterocycles. The molecule has 2 amide bonds. The van der Waals surface area contributed by atoms with Gasteiger partial charge in [0, 0.05) is 19.3 Å². The number of aromatic nitrogens is 1. The van der Waals surface area contributed by atoms with Crippen LogP contribution in [0.5, 0.6) is 11.5 Å². The van der Waals surface area contributed by atoms with Gasteiger partial charge in [-0.3, -0.25) is 19.8 Å². The number of aryl methyl sites for hydroxylation is 1. The molecule has 7 nitrogen and oxygen atoms in total. The van der Waals surface area contributed by atoms with Gasteiger partial charge in [-0.05, 0) is 49.2 Å². The highest BCUT2D eigenvalue weighted by atomic mass is 16.6. The molecule has 1 saturated heterocycles. The number of amides is 2. The first kappa shape index (κ1) is 17.6. The zero-order chi connectivity index (χ0) is 18.8. The van der Waals surface area contributed by atoms with E-state index in [1.165, 1.54) is 0 Å². The maximum atomic E-state index is 12.4. The van der Waals surface area contributed by atoms with Crippen molar-refractivity contribution in [2.75, 3.05) is 26.3 Å². The molecule has 0 unspecified atom stereocenters. The predicted molar refractivity (Wildman–Crippen MR) is 98.9 cm³/mol. The molecule has 2 aromatic rings. The molecule has 1 atom stereocenters. The maximum Gasteiger partial charge on any atom is 0.274 e. The molecule has 0 radical (unpaired) electrons. The van der Waals surface area contributed by atoms with Crippen LogP contribution in [0.2, 0.25) is 0 Å². The lowest BCUT2D eigenvalue weighted by Gasteiger charge is -2.26. The molecule has 27 heavy (non-hydrogen) atoms. The van der Waals surface area contributed by atoms with Gasteiger partial charge in [-0.2, -0.15) is 0 Å². The minimum atomic E-state index is -0.373. The van der Waals surface area contributed by atoms with Crippen LogP contribution in [0.3, 0.4) is 0 Å². The second kappa shape index (κ2) is 7.44. The lowest BCUT2D eigenvalue weighted by Crippen LogP contribution is -2.40. The van der Waals surface area contributed by atoms with E-state index in [0.717, 1.165) is 36.4 Å². The van der Waals surface area contributed by atoms with Crippen LogP contribution in [-0.2, 0) is 11.8 Å². The van der Waals surface area contributed by atoms with Crippen molar-refractivity contribution in [3.8, 4) is 11.5 Å². The van der Waals surface area contributed by atoms with E-state index < -0.39 is 0 Å². The number of nitrogens with zero attached hydrogens (tertiary/aromatic N) is 2. The van der Waals surface area contributed by atoms with Crippen molar-refractivity contribution in [1.29, 1.82) is 0 Å². The van der Waals surface area contributed by atoms with Gasteiger partial charge in [-0.25, -0.2) is 0 Å². The molecule has 142 valence electrons. The fourth-order valence-electron chi connectivity index (χ4n) is 3.77. The van der Waals surface area contributed by atoms with Crippen LogP contribution in [0.25, 0.3) is 0 Å². The third-order valence-electron chi connectivity index (χ3n) is 5.09.